The van der Waals surface area contributed by atoms with E-state index in [1.807, 2.05) is 4.90 Å². The van der Waals surface area contributed by atoms with Gasteiger partial charge in [-0.25, -0.2) is 0 Å². The molecule has 5 nitrogen and oxygen atoms in total. The fraction of sp³-hybridized carbons (Fsp3) is 0.800. The summed E-state index contributed by atoms with van der Waals surface area (Å²) < 4.78 is 0. The van der Waals surface area contributed by atoms with Gasteiger partial charge >= 0.3 is 0 Å². The Hall–Kier alpha value is -0.810. The number of hydrogen-bond acceptors (Lipinski definition) is 3. The van der Waals surface area contributed by atoms with Gasteiger partial charge in [0.15, 0.2) is 0 Å². The number of halogens is 1. The molecule has 0 radical (unpaired) electrons. The number of nitrogens with zero attached hydrogens (tertiary/aromatic N) is 1. The topological polar surface area (TPSA) is 75.4 Å². The summed E-state index contributed by atoms with van der Waals surface area (Å²) in [5.41, 5.74) is 5.16. The third-order valence-corrected chi connectivity index (χ3v) is 2.60. The van der Waals surface area contributed by atoms with E-state index in [1.165, 1.54) is 6.42 Å². The fourth-order valence-corrected chi connectivity index (χ4v) is 1.75. The van der Waals surface area contributed by atoms with E-state index >= 15 is 0 Å². The van der Waals surface area contributed by atoms with Crippen molar-refractivity contribution < 1.29 is 9.59 Å². The van der Waals surface area contributed by atoms with Crippen LogP contribution in [0.25, 0.3) is 0 Å². The lowest BCUT2D eigenvalue weighted by atomic mass is 10.1. The molecule has 0 aromatic rings. The minimum atomic E-state index is -0.459. The number of nitrogens with two attached hydrogens (primary N) is 1. The zero-order chi connectivity index (χ0) is 11.3. The van der Waals surface area contributed by atoms with Crippen molar-refractivity contribution in [2.45, 2.75) is 32.2 Å². The van der Waals surface area contributed by atoms with Crippen molar-refractivity contribution in [3.8, 4) is 0 Å². The van der Waals surface area contributed by atoms with Crippen molar-refractivity contribution in [1.82, 2.24) is 10.2 Å². The molecule has 16 heavy (non-hydrogen) atoms. The van der Waals surface area contributed by atoms with Gasteiger partial charge in [-0.05, 0) is 26.2 Å². The van der Waals surface area contributed by atoms with Gasteiger partial charge in [-0.2, -0.15) is 0 Å². The summed E-state index contributed by atoms with van der Waals surface area (Å²) in [6.45, 7) is 3.24. The molecular weight excluding hydrogens is 230 g/mol. The Bertz CT molecular complexity index is 242. The number of rotatable bonds is 3. The zero-order valence-corrected chi connectivity index (χ0v) is 10.4. The maximum absolute atomic E-state index is 11.8. The molecule has 0 saturated carbocycles. The van der Waals surface area contributed by atoms with Gasteiger partial charge < -0.3 is 16.0 Å². The molecule has 1 heterocycles. The predicted octanol–water partition coefficient (Wildman–Crippen LogP) is -0.116. The van der Waals surface area contributed by atoms with Crippen LogP contribution in [0.15, 0.2) is 0 Å². The van der Waals surface area contributed by atoms with Crippen LogP contribution < -0.4 is 11.1 Å². The first-order valence-electron chi connectivity index (χ1n) is 5.43. The number of carbonyl (C=O) groups excluding carboxylic acids is 2. The number of carbonyl (C=O) groups is 2. The standard InChI is InChI=1S/C10H19N3O2.ClH/c1-8(12-9(14)7-11)10(15)13-5-3-2-4-6-13;/h8H,2-7,11H2,1H3,(H,12,14);1H/t8-;/m0./s1. The maximum atomic E-state index is 11.8. The first kappa shape index (κ1) is 15.2. The van der Waals surface area contributed by atoms with Crippen LogP contribution in [0.1, 0.15) is 26.2 Å². The predicted molar refractivity (Wildman–Crippen MR) is 64.3 cm³/mol. The van der Waals surface area contributed by atoms with Crippen LogP contribution in [0.2, 0.25) is 0 Å². The summed E-state index contributed by atoms with van der Waals surface area (Å²) in [4.78, 5) is 24.6. The largest absolute Gasteiger partial charge is 0.343 e. The highest BCUT2D eigenvalue weighted by atomic mass is 35.5. The molecule has 0 bridgehead atoms. The van der Waals surface area contributed by atoms with Crippen molar-refractivity contribution in [2.24, 2.45) is 5.73 Å². The average Bonchev–Trinajstić information content (AvgIpc) is 2.29. The highest BCUT2D eigenvalue weighted by molar-refractivity contribution is 5.88. The summed E-state index contributed by atoms with van der Waals surface area (Å²) in [7, 11) is 0. The van der Waals surface area contributed by atoms with Crippen LogP contribution in [0.3, 0.4) is 0 Å². The van der Waals surface area contributed by atoms with E-state index in [4.69, 9.17) is 5.73 Å². The second-order valence-corrected chi connectivity index (χ2v) is 3.88. The monoisotopic (exact) mass is 249 g/mol. The highest BCUT2D eigenvalue weighted by Gasteiger charge is 2.22. The van der Waals surface area contributed by atoms with E-state index in [-0.39, 0.29) is 30.8 Å². The van der Waals surface area contributed by atoms with Crippen molar-refractivity contribution in [3.05, 3.63) is 0 Å². The first-order valence-corrected chi connectivity index (χ1v) is 5.43. The molecule has 6 heteroatoms. The first-order chi connectivity index (χ1) is 7.15. The Morgan fingerprint density at radius 2 is 1.88 bits per heavy atom. The molecule has 0 aromatic carbocycles. The third kappa shape index (κ3) is 4.37. The smallest absolute Gasteiger partial charge is 0.244 e. The lowest BCUT2D eigenvalue weighted by Gasteiger charge is -2.29. The van der Waals surface area contributed by atoms with E-state index < -0.39 is 6.04 Å². The number of nitrogens with one attached hydrogen (secondary N) is 1. The Morgan fingerprint density at radius 1 is 1.31 bits per heavy atom. The van der Waals surface area contributed by atoms with Crippen LogP contribution in [-0.4, -0.2) is 42.4 Å². The van der Waals surface area contributed by atoms with E-state index in [1.54, 1.807) is 6.92 Å². The van der Waals surface area contributed by atoms with Crippen molar-refractivity contribution in [1.29, 1.82) is 0 Å². The van der Waals surface area contributed by atoms with E-state index in [0.29, 0.717) is 0 Å². The second-order valence-electron chi connectivity index (χ2n) is 3.88. The van der Waals surface area contributed by atoms with Crippen LogP contribution >= 0.6 is 12.4 Å². The van der Waals surface area contributed by atoms with Crippen molar-refractivity contribution in [2.75, 3.05) is 19.6 Å². The molecular formula is C10H20ClN3O2. The Labute approximate surface area is 102 Å². The molecule has 0 aromatic heterocycles. The molecule has 0 spiro atoms. The van der Waals surface area contributed by atoms with Gasteiger partial charge in [0, 0.05) is 13.1 Å². The molecule has 1 atom stereocenters. The van der Waals surface area contributed by atoms with E-state index in [2.05, 4.69) is 5.32 Å². The normalized spacial score (nSPS) is 17.2. The highest BCUT2D eigenvalue weighted by Crippen LogP contribution is 2.09. The SMILES string of the molecule is C[C@H](NC(=O)CN)C(=O)N1CCCCC1.Cl. The molecule has 2 amide bonds. The lowest BCUT2D eigenvalue weighted by Crippen LogP contribution is -2.49. The van der Waals surface area contributed by atoms with Crippen molar-refractivity contribution in [3.63, 3.8) is 0 Å². The molecule has 1 saturated heterocycles. The number of hydrogen-bond donors (Lipinski definition) is 2. The van der Waals surface area contributed by atoms with E-state index in [0.717, 1.165) is 25.9 Å². The summed E-state index contributed by atoms with van der Waals surface area (Å²) in [5, 5.41) is 2.57. The minimum Gasteiger partial charge on any atom is -0.343 e. The van der Waals surface area contributed by atoms with E-state index in [9.17, 15) is 9.59 Å². The van der Waals surface area contributed by atoms with Gasteiger partial charge in [-0.15, -0.1) is 12.4 Å². The van der Waals surface area contributed by atoms with Crippen LogP contribution in [0.4, 0.5) is 0 Å². The number of amides is 2. The molecule has 0 unspecified atom stereocenters. The molecule has 1 rings (SSSR count). The Morgan fingerprint density at radius 3 is 2.38 bits per heavy atom. The van der Waals surface area contributed by atoms with Gasteiger partial charge in [0.1, 0.15) is 6.04 Å². The zero-order valence-electron chi connectivity index (χ0n) is 9.57. The van der Waals surface area contributed by atoms with Crippen molar-refractivity contribution >= 4 is 24.2 Å². The summed E-state index contributed by atoms with van der Waals surface area (Å²) >= 11 is 0. The van der Waals surface area contributed by atoms with Gasteiger partial charge in [0.25, 0.3) is 0 Å². The molecule has 94 valence electrons. The summed E-state index contributed by atoms with van der Waals surface area (Å²) in [6, 6.07) is -0.459. The fourth-order valence-electron chi connectivity index (χ4n) is 1.75. The van der Waals surface area contributed by atoms with Crippen LogP contribution in [0, 0.1) is 0 Å². The van der Waals surface area contributed by atoms with Crippen LogP contribution in [-0.2, 0) is 9.59 Å². The summed E-state index contributed by atoms with van der Waals surface area (Å²) in [5.74, 6) is -0.288. The average molecular weight is 250 g/mol. The molecule has 1 fully saturated rings. The lowest BCUT2D eigenvalue weighted by molar-refractivity contribution is -0.136. The van der Waals surface area contributed by atoms with Gasteiger partial charge in [0.2, 0.25) is 11.8 Å². The number of piperidine rings is 1. The second kappa shape index (κ2) is 7.46. The number of likely N-dealkylation sites (tertiary alicyclic amines) is 1. The molecule has 0 aliphatic carbocycles. The summed E-state index contributed by atoms with van der Waals surface area (Å²) in [6.07, 6.45) is 3.31. The maximum Gasteiger partial charge on any atom is 0.244 e. The molecule has 3 N–H and O–H groups in total. The van der Waals surface area contributed by atoms with Gasteiger partial charge in [-0.1, -0.05) is 0 Å². The van der Waals surface area contributed by atoms with Gasteiger partial charge in [0.05, 0.1) is 6.54 Å². The Balaban J connectivity index is 0.00000225. The quantitative estimate of drug-likeness (QED) is 0.733. The van der Waals surface area contributed by atoms with Crippen LogP contribution in [0.5, 0.6) is 0 Å². The third-order valence-electron chi connectivity index (χ3n) is 2.60. The Kier molecular flexibility index (Phi) is 7.08. The minimum absolute atomic E-state index is 0. The molecule has 1 aliphatic rings. The van der Waals surface area contributed by atoms with Gasteiger partial charge in [-0.3, -0.25) is 9.59 Å². The molecule has 1 aliphatic heterocycles.